The van der Waals surface area contributed by atoms with E-state index in [2.05, 4.69) is 20.7 Å². The van der Waals surface area contributed by atoms with Crippen molar-refractivity contribution in [2.75, 3.05) is 12.3 Å². The lowest BCUT2D eigenvalue weighted by Crippen LogP contribution is -2.48. The van der Waals surface area contributed by atoms with Crippen LogP contribution >= 0.6 is 11.8 Å². The maximum absolute atomic E-state index is 11.7. The molecule has 0 unspecified atom stereocenters. The van der Waals surface area contributed by atoms with Crippen LogP contribution in [0.15, 0.2) is 5.11 Å². The van der Waals surface area contributed by atoms with Crippen LogP contribution in [-0.2, 0) is 4.79 Å². The number of urea groups is 1. The molecule has 0 radical (unpaired) electrons. The van der Waals surface area contributed by atoms with Crippen molar-refractivity contribution in [2.24, 2.45) is 5.11 Å². The number of rotatable bonds is 5. The summed E-state index contributed by atoms with van der Waals surface area (Å²) in [6.45, 7) is 2.20. The highest BCUT2D eigenvalue weighted by atomic mass is 32.2. The summed E-state index contributed by atoms with van der Waals surface area (Å²) >= 11 is 1.70. The fraction of sp³-hybridized carbons (Fsp3) is 0.800. The average molecular weight is 269 g/mol. The van der Waals surface area contributed by atoms with E-state index in [0.29, 0.717) is 6.42 Å². The van der Waals surface area contributed by atoms with E-state index in [1.54, 1.807) is 11.8 Å². The molecule has 2 heterocycles. The van der Waals surface area contributed by atoms with Crippen molar-refractivity contribution in [3.05, 3.63) is 10.4 Å². The Morgan fingerprint density at radius 2 is 2.50 bits per heavy atom. The maximum Gasteiger partial charge on any atom is 0.315 e. The SMILES string of the molecule is C[C@]12CS[C@@H](CC(=O)CCN=[N+]=[N-])[C@H]1NC(=O)N2. The monoisotopic (exact) mass is 269 g/mol. The highest BCUT2D eigenvalue weighted by molar-refractivity contribution is 8.00. The topological polar surface area (TPSA) is 107 Å². The number of carbonyl (C=O) groups is 2. The van der Waals surface area contributed by atoms with E-state index >= 15 is 0 Å². The van der Waals surface area contributed by atoms with Gasteiger partial charge in [0.05, 0.1) is 11.6 Å². The molecule has 2 aliphatic heterocycles. The van der Waals surface area contributed by atoms with Gasteiger partial charge in [0.15, 0.2) is 0 Å². The number of amides is 2. The van der Waals surface area contributed by atoms with E-state index in [-0.39, 0.29) is 41.6 Å². The van der Waals surface area contributed by atoms with Gasteiger partial charge >= 0.3 is 6.03 Å². The Kier molecular flexibility index (Phi) is 3.68. The van der Waals surface area contributed by atoms with Crippen molar-refractivity contribution in [3.63, 3.8) is 0 Å². The minimum atomic E-state index is -0.252. The number of nitrogens with zero attached hydrogens (tertiary/aromatic N) is 3. The first kappa shape index (κ1) is 13.0. The van der Waals surface area contributed by atoms with E-state index in [1.165, 1.54) is 0 Å². The van der Waals surface area contributed by atoms with Crippen molar-refractivity contribution in [1.82, 2.24) is 10.6 Å². The summed E-state index contributed by atoms with van der Waals surface area (Å²) in [4.78, 5) is 25.7. The number of thioether (sulfide) groups is 1. The zero-order valence-corrected chi connectivity index (χ0v) is 10.9. The van der Waals surface area contributed by atoms with Gasteiger partial charge in [-0.1, -0.05) is 5.11 Å². The first-order valence-electron chi connectivity index (χ1n) is 5.78. The highest BCUT2D eigenvalue weighted by Gasteiger charge is 2.52. The molecule has 0 aromatic heterocycles. The molecule has 0 bridgehead atoms. The molecule has 0 aromatic carbocycles. The second kappa shape index (κ2) is 5.07. The quantitative estimate of drug-likeness (QED) is 0.339. The summed E-state index contributed by atoms with van der Waals surface area (Å²) in [5, 5.41) is 9.23. The molecule has 0 spiro atoms. The molecular formula is C10H15N5O2S. The Morgan fingerprint density at radius 1 is 1.72 bits per heavy atom. The maximum atomic E-state index is 11.7. The number of azide groups is 1. The zero-order valence-electron chi connectivity index (χ0n) is 10.0. The van der Waals surface area contributed by atoms with Crippen molar-refractivity contribution >= 4 is 23.6 Å². The predicted octanol–water partition coefficient (Wildman–Crippen LogP) is 1.20. The first-order chi connectivity index (χ1) is 8.55. The molecule has 2 rings (SSSR count). The highest BCUT2D eigenvalue weighted by Crippen LogP contribution is 2.39. The van der Waals surface area contributed by atoms with E-state index in [0.717, 1.165) is 5.75 Å². The van der Waals surface area contributed by atoms with Gasteiger partial charge in [-0.15, -0.1) is 0 Å². The van der Waals surface area contributed by atoms with Gasteiger partial charge in [-0.2, -0.15) is 11.8 Å². The number of hydrogen-bond acceptors (Lipinski definition) is 4. The lowest BCUT2D eigenvalue weighted by molar-refractivity contribution is -0.118. The Balaban J connectivity index is 1.89. The lowest BCUT2D eigenvalue weighted by Gasteiger charge is -2.23. The fourth-order valence-electron chi connectivity index (χ4n) is 2.40. The number of nitrogens with one attached hydrogen (secondary N) is 2. The Bertz CT molecular complexity index is 422. The Morgan fingerprint density at radius 3 is 3.22 bits per heavy atom. The summed E-state index contributed by atoms with van der Waals surface area (Å²) in [7, 11) is 0. The number of hydrogen-bond donors (Lipinski definition) is 2. The van der Waals surface area contributed by atoms with Crippen LogP contribution in [-0.4, -0.2) is 40.9 Å². The van der Waals surface area contributed by atoms with Gasteiger partial charge < -0.3 is 10.6 Å². The molecule has 8 heteroatoms. The van der Waals surface area contributed by atoms with Crippen LogP contribution < -0.4 is 10.6 Å². The smallest absolute Gasteiger partial charge is 0.315 e. The fourth-order valence-corrected chi connectivity index (χ4v) is 4.08. The lowest BCUT2D eigenvalue weighted by atomic mass is 9.92. The molecule has 2 aliphatic rings. The van der Waals surface area contributed by atoms with Crippen LogP contribution in [0.3, 0.4) is 0 Å². The standard InChI is InChI=1S/C10H15N5O2S/c1-10-5-18-7(8(10)13-9(17)14-10)4-6(16)2-3-12-15-11/h7-8H,2-5H2,1H3,(H2,13,14,17)/t7-,8+,10-/m0/s1. The van der Waals surface area contributed by atoms with Crippen molar-refractivity contribution in [1.29, 1.82) is 0 Å². The molecule has 3 atom stereocenters. The molecule has 98 valence electrons. The number of Topliss-reactive ketones (excluding diaryl/α,β-unsaturated/α-hetero) is 1. The minimum absolute atomic E-state index is 0.00146. The molecule has 18 heavy (non-hydrogen) atoms. The van der Waals surface area contributed by atoms with Gasteiger partial charge in [-0.25, -0.2) is 4.79 Å². The second-order valence-electron chi connectivity index (χ2n) is 4.79. The summed E-state index contributed by atoms with van der Waals surface area (Å²) in [5.74, 6) is 0.885. The van der Waals surface area contributed by atoms with Gasteiger partial charge in [0.2, 0.25) is 0 Å². The van der Waals surface area contributed by atoms with Gasteiger partial charge in [-0.05, 0) is 12.5 Å². The third kappa shape index (κ3) is 2.54. The van der Waals surface area contributed by atoms with E-state index in [1.807, 2.05) is 6.92 Å². The van der Waals surface area contributed by atoms with E-state index in [4.69, 9.17) is 5.53 Å². The molecule has 0 aromatic rings. The molecule has 2 amide bonds. The summed E-state index contributed by atoms with van der Waals surface area (Å²) in [5.41, 5.74) is 7.88. The number of carbonyl (C=O) groups excluding carboxylic acids is 2. The minimum Gasteiger partial charge on any atom is -0.332 e. The van der Waals surface area contributed by atoms with E-state index in [9.17, 15) is 9.59 Å². The molecule has 2 fully saturated rings. The molecule has 0 saturated carbocycles. The van der Waals surface area contributed by atoms with Gasteiger partial charge in [0.25, 0.3) is 0 Å². The third-order valence-electron chi connectivity index (χ3n) is 3.32. The Hall–Kier alpha value is -1.40. The average Bonchev–Trinajstić information content (AvgIpc) is 2.74. The summed E-state index contributed by atoms with van der Waals surface area (Å²) in [6.07, 6.45) is 0.680. The van der Waals surface area contributed by atoms with Crippen LogP contribution in [0, 0.1) is 0 Å². The predicted molar refractivity (Wildman–Crippen MR) is 68.4 cm³/mol. The second-order valence-corrected chi connectivity index (χ2v) is 6.02. The summed E-state index contributed by atoms with van der Waals surface area (Å²) < 4.78 is 0. The zero-order chi connectivity index (χ0) is 13.2. The van der Waals surface area contributed by atoms with E-state index < -0.39 is 0 Å². The molecular weight excluding hydrogens is 254 g/mol. The Labute approximate surface area is 109 Å². The van der Waals surface area contributed by atoms with Gasteiger partial charge in [0.1, 0.15) is 5.78 Å². The summed E-state index contributed by atoms with van der Waals surface area (Å²) in [6, 6.07) is -0.159. The normalized spacial score (nSPS) is 33.3. The van der Waals surface area contributed by atoms with Gasteiger partial charge in [-0.3, -0.25) is 4.79 Å². The van der Waals surface area contributed by atoms with Crippen molar-refractivity contribution in [3.8, 4) is 0 Å². The van der Waals surface area contributed by atoms with Crippen LogP contribution in [0.4, 0.5) is 4.79 Å². The third-order valence-corrected chi connectivity index (χ3v) is 4.96. The van der Waals surface area contributed by atoms with Crippen LogP contribution in [0.1, 0.15) is 19.8 Å². The van der Waals surface area contributed by atoms with Crippen molar-refractivity contribution in [2.45, 2.75) is 36.6 Å². The number of fused-ring (bicyclic) bond motifs is 1. The van der Waals surface area contributed by atoms with Crippen LogP contribution in [0.5, 0.6) is 0 Å². The van der Waals surface area contributed by atoms with Crippen molar-refractivity contribution < 1.29 is 9.59 Å². The van der Waals surface area contributed by atoms with Crippen LogP contribution in [0.25, 0.3) is 10.4 Å². The van der Waals surface area contributed by atoms with Crippen LogP contribution in [0.2, 0.25) is 0 Å². The first-order valence-corrected chi connectivity index (χ1v) is 6.83. The molecule has 7 nitrogen and oxygen atoms in total. The molecule has 2 N–H and O–H groups in total. The molecule has 2 saturated heterocycles. The van der Waals surface area contributed by atoms with Gasteiger partial charge in [0, 0.05) is 35.3 Å². The molecule has 0 aliphatic carbocycles. The number of ketones is 1. The largest absolute Gasteiger partial charge is 0.332 e.